The molecule has 1 aliphatic carbocycles. The Kier molecular flexibility index (Phi) is 4.15. The van der Waals surface area contributed by atoms with E-state index in [1.807, 2.05) is 0 Å². The van der Waals surface area contributed by atoms with Crippen molar-refractivity contribution in [1.29, 1.82) is 0 Å². The molecule has 0 amide bonds. The zero-order chi connectivity index (χ0) is 13.3. The van der Waals surface area contributed by atoms with Gasteiger partial charge in [0.05, 0.1) is 0 Å². The fourth-order valence-electron chi connectivity index (χ4n) is 3.69. The van der Waals surface area contributed by atoms with Crippen molar-refractivity contribution in [3.8, 4) is 0 Å². The first-order valence-corrected chi connectivity index (χ1v) is 7.64. The lowest BCUT2D eigenvalue weighted by molar-refractivity contribution is -0.128. The van der Waals surface area contributed by atoms with E-state index < -0.39 is 0 Å². The van der Waals surface area contributed by atoms with E-state index in [-0.39, 0.29) is 5.92 Å². The summed E-state index contributed by atoms with van der Waals surface area (Å²) in [6, 6.07) is 0.450. The Morgan fingerprint density at radius 3 is 2.50 bits per heavy atom. The summed E-state index contributed by atoms with van der Waals surface area (Å²) in [4.78, 5) is 12.2. The maximum absolute atomic E-state index is 12.2. The van der Waals surface area contributed by atoms with Gasteiger partial charge in [0.1, 0.15) is 5.78 Å². The summed E-state index contributed by atoms with van der Waals surface area (Å²) in [6.45, 7) is 10.4. The second-order valence-corrected chi connectivity index (χ2v) is 7.60. The van der Waals surface area contributed by atoms with Crippen molar-refractivity contribution in [3.05, 3.63) is 0 Å². The zero-order valence-corrected chi connectivity index (χ0v) is 12.5. The van der Waals surface area contributed by atoms with E-state index >= 15 is 0 Å². The van der Waals surface area contributed by atoms with E-state index in [0.717, 1.165) is 31.7 Å². The number of hydrogen-bond acceptors (Lipinski definition) is 2. The highest BCUT2D eigenvalue weighted by molar-refractivity contribution is 5.82. The van der Waals surface area contributed by atoms with Crippen molar-refractivity contribution in [2.24, 2.45) is 23.2 Å². The molecule has 1 saturated carbocycles. The number of rotatable bonds is 1. The van der Waals surface area contributed by atoms with Gasteiger partial charge in [-0.3, -0.25) is 4.79 Å². The van der Waals surface area contributed by atoms with Gasteiger partial charge in [-0.1, -0.05) is 27.7 Å². The predicted octanol–water partition coefficient (Wildman–Crippen LogP) is 3.41. The van der Waals surface area contributed by atoms with Gasteiger partial charge in [0.25, 0.3) is 0 Å². The summed E-state index contributed by atoms with van der Waals surface area (Å²) in [5, 5.41) is 3.60. The van der Waals surface area contributed by atoms with E-state index in [2.05, 4.69) is 33.0 Å². The lowest BCUT2D eigenvalue weighted by atomic mass is 9.66. The van der Waals surface area contributed by atoms with E-state index in [4.69, 9.17) is 0 Å². The number of carbonyl (C=O) groups is 1. The Bertz CT molecular complexity index is 305. The first kappa shape index (κ1) is 14.0. The van der Waals surface area contributed by atoms with Gasteiger partial charge >= 0.3 is 0 Å². The van der Waals surface area contributed by atoms with Crippen LogP contribution < -0.4 is 5.32 Å². The maximum atomic E-state index is 12.2. The molecule has 1 heterocycles. The minimum Gasteiger partial charge on any atom is -0.313 e. The molecule has 1 aliphatic heterocycles. The first-order valence-electron chi connectivity index (χ1n) is 7.64. The van der Waals surface area contributed by atoms with Crippen molar-refractivity contribution in [1.82, 2.24) is 5.32 Å². The summed E-state index contributed by atoms with van der Waals surface area (Å²) >= 11 is 0. The number of Topliss-reactive ketones (excluding diaryl/α,β-unsaturated/α-hetero) is 1. The highest BCUT2D eigenvalue weighted by atomic mass is 16.1. The summed E-state index contributed by atoms with van der Waals surface area (Å²) in [5.74, 6) is 2.28. The second-order valence-electron chi connectivity index (χ2n) is 7.60. The van der Waals surface area contributed by atoms with Gasteiger partial charge in [-0.2, -0.15) is 0 Å². The lowest BCUT2D eigenvalue weighted by Gasteiger charge is -2.41. The van der Waals surface area contributed by atoms with Gasteiger partial charge in [0.15, 0.2) is 0 Å². The monoisotopic (exact) mass is 251 g/mol. The molecule has 104 valence electrons. The molecular weight excluding hydrogens is 222 g/mol. The maximum Gasteiger partial charge on any atom is 0.137 e. The number of nitrogens with one attached hydrogen (secondary N) is 1. The Morgan fingerprint density at radius 1 is 1.17 bits per heavy atom. The first-order chi connectivity index (χ1) is 8.38. The molecule has 2 heteroatoms. The Hall–Kier alpha value is -0.370. The van der Waals surface area contributed by atoms with Crippen LogP contribution in [0.2, 0.25) is 0 Å². The average Bonchev–Trinajstić information content (AvgIpc) is 2.28. The second kappa shape index (κ2) is 5.32. The summed E-state index contributed by atoms with van der Waals surface area (Å²) in [7, 11) is 0. The molecule has 4 atom stereocenters. The fourth-order valence-corrected chi connectivity index (χ4v) is 3.69. The molecule has 4 unspecified atom stereocenters. The number of carbonyl (C=O) groups excluding carboxylic acids is 1. The molecule has 2 nitrogen and oxygen atoms in total. The van der Waals surface area contributed by atoms with Crippen molar-refractivity contribution in [2.45, 2.75) is 65.8 Å². The third-order valence-corrected chi connectivity index (χ3v) is 5.10. The van der Waals surface area contributed by atoms with Gasteiger partial charge in [0.2, 0.25) is 0 Å². The highest BCUT2D eigenvalue weighted by Crippen LogP contribution is 2.41. The summed E-state index contributed by atoms with van der Waals surface area (Å²) < 4.78 is 0. The van der Waals surface area contributed by atoms with E-state index in [9.17, 15) is 4.79 Å². The predicted molar refractivity (Wildman–Crippen MR) is 75.5 cm³/mol. The largest absolute Gasteiger partial charge is 0.313 e. The molecule has 0 aromatic carbocycles. The number of hydrogen-bond donors (Lipinski definition) is 1. The smallest absolute Gasteiger partial charge is 0.137 e. The SMILES string of the molecule is CC1CCNC(C2CC(C(C)(C)C)CCC2=O)C1. The van der Waals surface area contributed by atoms with Gasteiger partial charge in [0, 0.05) is 18.4 Å². The van der Waals surface area contributed by atoms with Crippen LogP contribution in [0.5, 0.6) is 0 Å². The number of ketones is 1. The molecule has 2 fully saturated rings. The molecule has 0 spiro atoms. The third kappa shape index (κ3) is 3.14. The summed E-state index contributed by atoms with van der Waals surface area (Å²) in [6.07, 6.45) is 5.46. The Morgan fingerprint density at radius 2 is 1.89 bits per heavy atom. The minimum atomic E-state index is 0.283. The van der Waals surface area contributed by atoms with Crippen LogP contribution in [0.15, 0.2) is 0 Å². The molecule has 0 aromatic heterocycles. The van der Waals surface area contributed by atoms with Gasteiger partial charge < -0.3 is 5.32 Å². The highest BCUT2D eigenvalue weighted by Gasteiger charge is 2.39. The van der Waals surface area contributed by atoms with Crippen LogP contribution in [-0.4, -0.2) is 18.4 Å². The lowest BCUT2D eigenvalue weighted by Crippen LogP contribution is -2.48. The van der Waals surface area contributed by atoms with Crippen LogP contribution >= 0.6 is 0 Å². The molecule has 18 heavy (non-hydrogen) atoms. The minimum absolute atomic E-state index is 0.283. The molecule has 2 aliphatic rings. The Balaban J connectivity index is 2.03. The summed E-state index contributed by atoms with van der Waals surface area (Å²) in [5.41, 5.74) is 0.346. The van der Waals surface area contributed by atoms with Crippen LogP contribution in [-0.2, 0) is 4.79 Å². The standard InChI is InChI=1S/C16H29NO/c1-11-7-8-17-14(9-11)13-10-12(16(2,3)4)5-6-15(13)18/h11-14,17H,5-10H2,1-4H3. The molecule has 0 radical (unpaired) electrons. The van der Waals surface area contributed by atoms with Crippen molar-refractivity contribution < 1.29 is 4.79 Å². The normalized spacial score (nSPS) is 38.8. The third-order valence-electron chi connectivity index (χ3n) is 5.10. The molecule has 2 rings (SSSR count). The fraction of sp³-hybridized carbons (Fsp3) is 0.938. The van der Waals surface area contributed by atoms with Gasteiger partial charge in [-0.15, -0.1) is 0 Å². The van der Waals surface area contributed by atoms with Crippen molar-refractivity contribution >= 4 is 5.78 Å². The number of piperidine rings is 1. The topological polar surface area (TPSA) is 29.1 Å². The molecule has 0 aromatic rings. The van der Waals surface area contributed by atoms with E-state index in [1.54, 1.807) is 0 Å². The van der Waals surface area contributed by atoms with Crippen LogP contribution in [0, 0.1) is 23.2 Å². The van der Waals surface area contributed by atoms with Crippen molar-refractivity contribution in [2.75, 3.05) is 6.54 Å². The molecule has 1 saturated heterocycles. The molecular formula is C16H29NO. The van der Waals surface area contributed by atoms with Crippen molar-refractivity contribution in [3.63, 3.8) is 0 Å². The van der Waals surface area contributed by atoms with E-state index in [1.165, 1.54) is 12.8 Å². The molecule has 1 N–H and O–H groups in total. The molecule has 0 bridgehead atoms. The van der Waals surface area contributed by atoms with Crippen LogP contribution in [0.3, 0.4) is 0 Å². The zero-order valence-electron chi connectivity index (χ0n) is 12.5. The van der Waals surface area contributed by atoms with Crippen LogP contribution in [0.25, 0.3) is 0 Å². The average molecular weight is 251 g/mol. The van der Waals surface area contributed by atoms with Gasteiger partial charge in [-0.05, 0) is 49.5 Å². The van der Waals surface area contributed by atoms with Gasteiger partial charge in [-0.25, -0.2) is 0 Å². The van der Waals surface area contributed by atoms with Crippen LogP contribution in [0.1, 0.15) is 59.8 Å². The van der Waals surface area contributed by atoms with Crippen LogP contribution in [0.4, 0.5) is 0 Å². The van der Waals surface area contributed by atoms with E-state index in [0.29, 0.717) is 23.2 Å². The quantitative estimate of drug-likeness (QED) is 0.774. The Labute approximate surface area is 112 Å².